The summed E-state index contributed by atoms with van der Waals surface area (Å²) in [6.07, 6.45) is 11.0. The molecule has 2 unspecified atom stereocenters. The summed E-state index contributed by atoms with van der Waals surface area (Å²) >= 11 is 2.65. The van der Waals surface area contributed by atoms with E-state index in [1.807, 2.05) is 4.90 Å². The highest BCUT2D eigenvalue weighted by Gasteiger charge is 2.55. The summed E-state index contributed by atoms with van der Waals surface area (Å²) in [5, 5.41) is 0. The number of carbonyl (C=O) groups excluding carboxylic acids is 1. The molecular formula is C31H45IN2O5S. The Morgan fingerprint density at radius 1 is 1.05 bits per heavy atom. The van der Waals surface area contributed by atoms with Gasteiger partial charge in [0, 0.05) is 35.0 Å². The van der Waals surface area contributed by atoms with Crippen LogP contribution < -0.4 is 4.74 Å². The number of piperazine rings is 1. The lowest BCUT2D eigenvalue weighted by Gasteiger charge is -2.59. The van der Waals surface area contributed by atoms with Crippen LogP contribution in [0.4, 0.5) is 0 Å². The van der Waals surface area contributed by atoms with Crippen LogP contribution in [-0.4, -0.2) is 73.5 Å². The van der Waals surface area contributed by atoms with Gasteiger partial charge >= 0.3 is 5.97 Å². The van der Waals surface area contributed by atoms with Crippen molar-refractivity contribution in [1.82, 2.24) is 9.21 Å². The minimum absolute atomic E-state index is 0.00924. The van der Waals surface area contributed by atoms with Crippen molar-refractivity contribution in [3.8, 4) is 5.75 Å². The molecule has 1 aliphatic heterocycles. The second-order valence-electron chi connectivity index (χ2n) is 13.2. The van der Waals surface area contributed by atoms with E-state index in [9.17, 15) is 13.2 Å². The Morgan fingerprint density at radius 2 is 1.75 bits per heavy atom. The lowest BCUT2D eigenvalue weighted by molar-refractivity contribution is -0.154. The highest BCUT2D eigenvalue weighted by Crippen LogP contribution is 2.63. The average molecular weight is 685 g/mol. The zero-order valence-electron chi connectivity index (χ0n) is 24.5. The first-order valence-electron chi connectivity index (χ1n) is 14.8. The molecule has 7 nitrogen and oxygen atoms in total. The highest BCUT2D eigenvalue weighted by molar-refractivity contribution is 14.1. The lowest BCUT2D eigenvalue weighted by atomic mass is 9.47. The van der Waals surface area contributed by atoms with Crippen molar-refractivity contribution in [2.24, 2.45) is 22.7 Å². The van der Waals surface area contributed by atoms with Gasteiger partial charge in [0.1, 0.15) is 5.75 Å². The molecule has 0 aromatic heterocycles. The molecule has 0 spiro atoms. The molecule has 40 heavy (non-hydrogen) atoms. The predicted molar refractivity (Wildman–Crippen MR) is 165 cm³/mol. The summed E-state index contributed by atoms with van der Waals surface area (Å²) in [6, 6.07) is 6.47. The van der Waals surface area contributed by atoms with E-state index in [1.165, 1.54) is 36.4 Å². The van der Waals surface area contributed by atoms with E-state index in [0.717, 1.165) is 12.8 Å². The number of nitrogens with zero attached hydrogens (tertiary/aromatic N) is 2. The Balaban J connectivity index is 1.14. The smallest absolute Gasteiger partial charge is 0.320 e. The van der Waals surface area contributed by atoms with Gasteiger partial charge in [-0.25, -0.2) is 8.42 Å². The molecule has 5 atom stereocenters. The quantitative estimate of drug-likeness (QED) is 0.159. The lowest BCUT2D eigenvalue weighted by Crippen LogP contribution is -2.52. The fourth-order valence-electron chi connectivity index (χ4n) is 8.18. The molecule has 0 N–H and O–H groups in total. The van der Waals surface area contributed by atoms with Crippen molar-refractivity contribution >= 4 is 38.6 Å². The Morgan fingerprint density at radius 3 is 2.42 bits per heavy atom. The molecule has 1 aromatic carbocycles. The molecular weight excluding hydrogens is 639 g/mol. The molecule has 0 amide bonds. The summed E-state index contributed by atoms with van der Waals surface area (Å²) < 4.78 is 39.1. The number of hydrogen-bond acceptors (Lipinski definition) is 6. The van der Waals surface area contributed by atoms with Crippen molar-refractivity contribution in [2.45, 2.75) is 74.0 Å². The van der Waals surface area contributed by atoms with Crippen LogP contribution in [0, 0.1) is 22.7 Å². The molecule has 3 fully saturated rings. The fourth-order valence-corrected chi connectivity index (χ4v) is 10.4. The van der Waals surface area contributed by atoms with E-state index < -0.39 is 10.0 Å². The maximum absolute atomic E-state index is 13.1. The summed E-state index contributed by atoms with van der Waals surface area (Å²) in [7, 11) is -2.02. The van der Waals surface area contributed by atoms with E-state index in [4.69, 9.17) is 9.47 Å². The largest absolute Gasteiger partial charge is 0.497 e. The monoisotopic (exact) mass is 684 g/mol. The number of carbonyl (C=O) groups is 1. The second-order valence-corrected chi connectivity index (χ2v) is 17.8. The van der Waals surface area contributed by atoms with Gasteiger partial charge < -0.3 is 9.47 Å². The molecule has 9 heteroatoms. The topological polar surface area (TPSA) is 76.2 Å². The molecule has 1 aromatic rings. The fraction of sp³-hybridized carbons (Fsp3) is 0.710. The van der Waals surface area contributed by atoms with E-state index in [1.54, 1.807) is 36.9 Å². The van der Waals surface area contributed by atoms with Gasteiger partial charge in [-0.15, -0.1) is 0 Å². The number of ether oxygens (including phenoxy) is 2. The number of sulfonamides is 1. The van der Waals surface area contributed by atoms with E-state index in [2.05, 4.69) is 49.4 Å². The zero-order valence-corrected chi connectivity index (χ0v) is 27.4. The second kappa shape index (κ2) is 11.5. The van der Waals surface area contributed by atoms with Gasteiger partial charge in [-0.2, -0.15) is 4.31 Å². The Bertz CT molecular complexity index is 1220. The van der Waals surface area contributed by atoms with Gasteiger partial charge in [0.2, 0.25) is 10.0 Å². The standard InChI is InChI=1S/C31H45IN2O5S/c1-29(13-5-14-31(3)26-12-15-30(2,32)20-23(26)6-11-27(29)31)22-39-28(35)21-33-16-18-34(19-17-33)40(36,37)25-9-7-24(38-4)8-10-25/h7-10,12,23,27H,5-6,11,13-22H2,1-4H3/t23?,27?,29-,30-,31-/m0/s1. The number of rotatable bonds is 7. The molecule has 1 heterocycles. The van der Waals surface area contributed by atoms with Gasteiger partial charge in [0.05, 0.1) is 25.2 Å². The first-order valence-corrected chi connectivity index (χ1v) is 17.3. The predicted octanol–water partition coefficient (Wildman–Crippen LogP) is 5.68. The van der Waals surface area contributed by atoms with Crippen LogP contribution in [0.5, 0.6) is 5.75 Å². The van der Waals surface area contributed by atoms with Crippen LogP contribution in [0.1, 0.15) is 65.7 Å². The van der Waals surface area contributed by atoms with E-state index >= 15 is 0 Å². The van der Waals surface area contributed by atoms with Crippen LogP contribution in [0.2, 0.25) is 0 Å². The highest BCUT2D eigenvalue weighted by atomic mass is 127. The van der Waals surface area contributed by atoms with Gasteiger partial charge in [-0.05, 0) is 80.0 Å². The number of hydrogen-bond donors (Lipinski definition) is 0. The van der Waals surface area contributed by atoms with Crippen LogP contribution in [0.25, 0.3) is 0 Å². The molecule has 222 valence electrons. The summed E-state index contributed by atoms with van der Waals surface area (Å²) in [4.78, 5) is 15.2. The number of fused-ring (bicyclic) bond motifs is 3. The minimum atomic E-state index is -3.57. The van der Waals surface area contributed by atoms with Crippen molar-refractivity contribution in [2.75, 3.05) is 46.4 Å². The van der Waals surface area contributed by atoms with Crippen molar-refractivity contribution in [3.05, 3.63) is 35.9 Å². The molecule has 0 radical (unpaired) electrons. The molecule has 1 saturated heterocycles. The Labute approximate surface area is 254 Å². The SMILES string of the molecule is COc1ccc(S(=O)(=O)N2CCN(CC(=O)OC[C@]3(C)CCC[C@@]4(C)C5=CC[C@](C)(I)CC5CCC34)CC2)cc1. The van der Waals surface area contributed by atoms with Gasteiger partial charge in [-0.3, -0.25) is 9.69 Å². The summed E-state index contributed by atoms with van der Waals surface area (Å²) in [5.41, 5.74) is 1.89. The number of esters is 1. The first-order chi connectivity index (χ1) is 18.9. The molecule has 3 aliphatic carbocycles. The Kier molecular flexibility index (Phi) is 8.70. The van der Waals surface area contributed by atoms with Crippen LogP contribution in [-0.2, 0) is 19.6 Å². The van der Waals surface area contributed by atoms with Crippen molar-refractivity contribution < 1.29 is 22.7 Å². The van der Waals surface area contributed by atoms with Crippen LogP contribution in [0.15, 0.2) is 40.8 Å². The number of halogens is 1. The van der Waals surface area contributed by atoms with Gasteiger partial charge in [0.15, 0.2) is 0 Å². The third-order valence-corrected chi connectivity index (χ3v) is 13.1. The van der Waals surface area contributed by atoms with Crippen molar-refractivity contribution in [3.63, 3.8) is 0 Å². The normalized spacial score (nSPS) is 35.3. The third kappa shape index (κ3) is 5.99. The molecule has 4 aliphatic rings. The van der Waals surface area contributed by atoms with Gasteiger partial charge in [-0.1, -0.05) is 61.4 Å². The number of benzene rings is 1. The van der Waals surface area contributed by atoms with E-state index in [0.29, 0.717) is 53.8 Å². The molecule has 5 rings (SSSR count). The first kappa shape index (κ1) is 30.3. The average Bonchev–Trinajstić information content (AvgIpc) is 2.91. The van der Waals surface area contributed by atoms with Gasteiger partial charge in [0.25, 0.3) is 0 Å². The summed E-state index contributed by atoms with van der Waals surface area (Å²) in [6.45, 7) is 9.62. The van der Waals surface area contributed by atoms with Crippen LogP contribution >= 0.6 is 22.6 Å². The number of allylic oxidation sites excluding steroid dienone is 2. The van der Waals surface area contributed by atoms with Crippen LogP contribution in [0.3, 0.4) is 0 Å². The molecule has 0 bridgehead atoms. The molecule has 2 saturated carbocycles. The van der Waals surface area contributed by atoms with Crippen molar-refractivity contribution in [1.29, 1.82) is 0 Å². The number of methoxy groups -OCH3 is 1. The summed E-state index contributed by atoms with van der Waals surface area (Å²) in [5.74, 6) is 1.66. The maximum Gasteiger partial charge on any atom is 0.320 e. The maximum atomic E-state index is 13.1. The van der Waals surface area contributed by atoms with E-state index in [-0.39, 0.29) is 28.2 Å². The Hall–Kier alpha value is -1.17. The third-order valence-electron chi connectivity index (χ3n) is 10.3. The minimum Gasteiger partial charge on any atom is -0.497 e. The number of alkyl halides is 1. The zero-order chi connectivity index (χ0) is 28.8.